The lowest BCUT2D eigenvalue weighted by atomic mass is 10.2. The second-order valence-corrected chi connectivity index (χ2v) is 9.18. The van der Waals surface area contributed by atoms with Gasteiger partial charge in [0.15, 0.2) is 9.60 Å². The number of aryl methyl sites for hydroxylation is 3. The van der Waals surface area contributed by atoms with Crippen molar-refractivity contribution in [2.45, 2.75) is 20.8 Å². The van der Waals surface area contributed by atoms with Gasteiger partial charge < -0.3 is 10.6 Å². The highest BCUT2D eigenvalue weighted by atomic mass is 35.5. The molecule has 3 aromatic heterocycles. The molecule has 0 fully saturated rings. The second kappa shape index (κ2) is 10.6. The van der Waals surface area contributed by atoms with E-state index in [1.807, 2.05) is 44.4 Å². The predicted octanol–water partition coefficient (Wildman–Crippen LogP) is 6.30. The molecule has 3 heterocycles. The molecule has 0 unspecified atom stereocenters. The van der Waals surface area contributed by atoms with E-state index in [1.54, 1.807) is 12.3 Å². The van der Waals surface area contributed by atoms with Gasteiger partial charge in [0.1, 0.15) is 16.5 Å². The maximum absolute atomic E-state index is 12.4. The van der Waals surface area contributed by atoms with Crippen LogP contribution in [-0.2, 0) is 0 Å². The zero-order valence-corrected chi connectivity index (χ0v) is 20.0. The fourth-order valence-corrected chi connectivity index (χ4v) is 4.05. The van der Waals surface area contributed by atoms with E-state index in [0.717, 1.165) is 11.3 Å². The summed E-state index contributed by atoms with van der Waals surface area (Å²) in [6.45, 7) is 5.61. The minimum atomic E-state index is -0.253. The van der Waals surface area contributed by atoms with Crippen LogP contribution in [0.25, 0.3) is 0 Å². The van der Waals surface area contributed by atoms with Crippen LogP contribution in [0.4, 0.5) is 16.6 Å². The molecule has 7 nitrogen and oxygen atoms in total. The first-order valence-corrected chi connectivity index (χ1v) is 11.4. The quantitative estimate of drug-likeness (QED) is 0.346. The van der Waals surface area contributed by atoms with E-state index in [4.69, 9.17) is 23.2 Å². The number of carbonyl (C=O) groups is 1. The molecule has 11 heteroatoms. The molecule has 0 aliphatic rings. The smallest absolute Gasteiger partial charge is 0.267 e. The molecular weight excluding hydrogens is 475 g/mol. The third kappa shape index (κ3) is 6.70. The Balaban J connectivity index is 0.000000391. The number of nitrogens with zero attached hydrogens (tertiary/aromatic N) is 4. The second-order valence-electron chi connectivity index (χ2n) is 6.27. The lowest BCUT2D eigenvalue weighted by molar-refractivity contribution is 0.103. The van der Waals surface area contributed by atoms with Gasteiger partial charge >= 0.3 is 0 Å². The van der Waals surface area contributed by atoms with Gasteiger partial charge in [-0.15, -0.1) is 11.3 Å². The van der Waals surface area contributed by atoms with Crippen molar-refractivity contribution in [1.29, 1.82) is 0 Å². The molecular formula is C20H18Cl2N6OS2. The van der Waals surface area contributed by atoms with Gasteiger partial charge in [-0.25, -0.2) is 19.9 Å². The van der Waals surface area contributed by atoms with E-state index in [0.29, 0.717) is 36.8 Å². The van der Waals surface area contributed by atoms with Gasteiger partial charge in [-0.1, -0.05) is 46.7 Å². The van der Waals surface area contributed by atoms with Crippen molar-refractivity contribution in [3.8, 4) is 0 Å². The summed E-state index contributed by atoms with van der Waals surface area (Å²) in [5, 5.41) is 8.85. The molecule has 0 spiro atoms. The van der Waals surface area contributed by atoms with E-state index in [2.05, 4.69) is 30.6 Å². The van der Waals surface area contributed by atoms with Gasteiger partial charge in [0, 0.05) is 23.3 Å². The summed E-state index contributed by atoms with van der Waals surface area (Å²) < 4.78 is 0.606. The topological polar surface area (TPSA) is 92.7 Å². The number of rotatable bonds is 4. The zero-order chi connectivity index (χ0) is 22.4. The molecule has 0 aliphatic heterocycles. The van der Waals surface area contributed by atoms with Crippen LogP contribution in [0.2, 0.25) is 9.49 Å². The normalized spacial score (nSPS) is 10.2. The standard InChI is InChI=1S/C17H16ClN5OS.C3H2ClNS/c1-9-5-4-6-12(18)15(9)23-16(24)13-8-19-17(25-13)22-14-7-10(2)20-11(3)21-14;4-3-5-1-2-6-3/h4-8H,1-3H3,(H,23,24)(H,19,20,21,22);1-2H. The monoisotopic (exact) mass is 492 g/mol. The number of carbonyl (C=O) groups excluding carboxylic acids is 1. The van der Waals surface area contributed by atoms with E-state index >= 15 is 0 Å². The average molecular weight is 493 g/mol. The number of hydrogen-bond donors (Lipinski definition) is 2. The fourth-order valence-electron chi connectivity index (χ4n) is 2.50. The number of amides is 1. The number of thiazole rings is 2. The Morgan fingerprint density at radius 3 is 2.52 bits per heavy atom. The SMILES string of the molecule is Cc1cc(Nc2ncc(C(=O)Nc3c(C)cccc3Cl)s2)nc(C)n1.Clc1nccs1. The Labute approximate surface area is 197 Å². The summed E-state index contributed by atoms with van der Waals surface area (Å²) >= 11 is 14.2. The van der Waals surface area contributed by atoms with Crippen molar-refractivity contribution in [3.63, 3.8) is 0 Å². The van der Waals surface area contributed by atoms with Gasteiger partial charge in [0.05, 0.1) is 16.9 Å². The molecule has 1 amide bonds. The number of halogens is 2. The molecule has 31 heavy (non-hydrogen) atoms. The third-order valence-corrected chi connectivity index (χ3v) is 5.94. The van der Waals surface area contributed by atoms with Crippen molar-refractivity contribution >= 4 is 68.4 Å². The predicted molar refractivity (Wildman–Crippen MR) is 128 cm³/mol. The Hall–Kier alpha value is -2.59. The molecule has 4 aromatic rings. The highest BCUT2D eigenvalue weighted by Gasteiger charge is 2.14. The summed E-state index contributed by atoms with van der Waals surface area (Å²) in [7, 11) is 0. The van der Waals surface area contributed by atoms with Crippen LogP contribution in [0.15, 0.2) is 42.0 Å². The average Bonchev–Trinajstić information content (AvgIpc) is 3.36. The third-order valence-electron chi connectivity index (χ3n) is 3.79. The molecule has 160 valence electrons. The molecule has 0 radical (unpaired) electrons. The molecule has 4 rings (SSSR count). The van der Waals surface area contributed by atoms with Crippen LogP contribution >= 0.6 is 45.9 Å². The highest BCUT2D eigenvalue weighted by Crippen LogP contribution is 2.27. The van der Waals surface area contributed by atoms with Crippen molar-refractivity contribution < 1.29 is 4.79 Å². The van der Waals surface area contributed by atoms with Gasteiger partial charge in [-0.05, 0) is 32.4 Å². The first kappa shape index (κ1) is 23.1. The maximum atomic E-state index is 12.4. The van der Waals surface area contributed by atoms with Crippen LogP contribution in [0, 0.1) is 20.8 Å². The minimum Gasteiger partial charge on any atom is -0.320 e. The van der Waals surface area contributed by atoms with Gasteiger partial charge in [-0.2, -0.15) is 0 Å². The maximum Gasteiger partial charge on any atom is 0.267 e. The number of benzene rings is 1. The van der Waals surface area contributed by atoms with Crippen LogP contribution in [0.5, 0.6) is 0 Å². The van der Waals surface area contributed by atoms with E-state index in [1.165, 1.54) is 28.9 Å². The first-order chi connectivity index (χ1) is 14.8. The number of aromatic nitrogens is 4. The highest BCUT2D eigenvalue weighted by molar-refractivity contribution is 7.17. The first-order valence-electron chi connectivity index (χ1n) is 8.98. The summed E-state index contributed by atoms with van der Waals surface area (Å²) in [6, 6.07) is 7.29. The number of nitrogens with one attached hydrogen (secondary N) is 2. The zero-order valence-electron chi connectivity index (χ0n) is 16.8. The van der Waals surface area contributed by atoms with Crippen LogP contribution < -0.4 is 10.6 Å². The Kier molecular flexibility index (Phi) is 7.91. The van der Waals surface area contributed by atoms with Crippen molar-refractivity contribution in [2.75, 3.05) is 10.6 Å². The van der Waals surface area contributed by atoms with Crippen LogP contribution in [0.1, 0.15) is 26.8 Å². The lowest BCUT2D eigenvalue weighted by Crippen LogP contribution is -2.11. The van der Waals surface area contributed by atoms with Gasteiger partial charge in [0.25, 0.3) is 5.91 Å². The summed E-state index contributed by atoms with van der Waals surface area (Å²) in [5.74, 6) is 1.07. The van der Waals surface area contributed by atoms with E-state index < -0.39 is 0 Å². The molecule has 1 aromatic carbocycles. The van der Waals surface area contributed by atoms with E-state index in [-0.39, 0.29) is 5.91 Å². The number of para-hydroxylation sites is 1. The van der Waals surface area contributed by atoms with Crippen molar-refractivity contribution in [2.24, 2.45) is 0 Å². The molecule has 0 atom stereocenters. The molecule has 2 N–H and O–H groups in total. The minimum absolute atomic E-state index is 0.253. The molecule has 0 aliphatic carbocycles. The van der Waals surface area contributed by atoms with Gasteiger partial charge in [0.2, 0.25) is 0 Å². The Bertz CT molecular complexity index is 1140. The summed E-state index contributed by atoms with van der Waals surface area (Å²) in [5.41, 5.74) is 2.37. The van der Waals surface area contributed by atoms with Crippen molar-refractivity contribution in [1.82, 2.24) is 19.9 Å². The lowest BCUT2D eigenvalue weighted by Gasteiger charge is -2.08. The van der Waals surface area contributed by atoms with Crippen molar-refractivity contribution in [3.05, 3.63) is 73.5 Å². The molecule has 0 saturated heterocycles. The number of hydrogen-bond acceptors (Lipinski definition) is 8. The van der Waals surface area contributed by atoms with E-state index in [9.17, 15) is 4.79 Å². The van der Waals surface area contributed by atoms with Crippen LogP contribution in [0.3, 0.4) is 0 Å². The molecule has 0 saturated carbocycles. The Morgan fingerprint density at radius 2 is 1.90 bits per heavy atom. The summed E-state index contributed by atoms with van der Waals surface area (Å²) in [4.78, 5) is 29.4. The largest absolute Gasteiger partial charge is 0.320 e. The number of anilines is 3. The summed E-state index contributed by atoms with van der Waals surface area (Å²) in [6.07, 6.45) is 3.20. The van der Waals surface area contributed by atoms with Gasteiger partial charge in [-0.3, -0.25) is 4.79 Å². The fraction of sp³-hybridized carbons (Fsp3) is 0.150. The Morgan fingerprint density at radius 1 is 1.10 bits per heavy atom. The van der Waals surface area contributed by atoms with Crippen LogP contribution in [-0.4, -0.2) is 25.8 Å². The molecule has 0 bridgehead atoms.